The van der Waals surface area contributed by atoms with Crippen LogP contribution in [0, 0.1) is 19.7 Å². The maximum atomic E-state index is 14.2. The fourth-order valence-electron chi connectivity index (χ4n) is 2.06. The molecule has 0 aliphatic heterocycles. The number of hydrogen-bond acceptors (Lipinski definition) is 0. The molecule has 0 aromatic heterocycles. The Morgan fingerprint density at radius 2 is 1.72 bits per heavy atom. The maximum absolute atomic E-state index is 14.2. The van der Waals surface area contributed by atoms with Crippen molar-refractivity contribution in [3.05, 3.63) is 34.2 Å². The first-order chi connectivity index (χ1) is 8.32. The Bertz CT molecular complexity index is 500. The van der Waals surface area contributed by atoms with E-state index in [0.717, 1.165) is 6.42 Å². The molecule has 0 aliphatic rings. The first-order valence-electron chi connectivity index (χ1n) is 5.92. The van der Waals surface area contributed by atoms with Crippen molar-refractivity contribution in [2.75, 3.05) is 0 Å². The summed E-state index contributed by atoms with van der Waals surface area (Å²) in [5.41, 5.74) is 1.87. The van der Waals surface area contributed by atoms with Crippen LogP contribution in [0.2, 0.25) is 0 Å². The lowest BCUT2D eigenvalue weighted by Gasteiger charge is -2.18. The predicted molar refractivity (Wildman–Crippen MR) is 74.0 cm³/mol. The average Bonchev–Trinajstić information content (AvgIpc) is 2.33. The molecule has 0 heterocycles. The molecule has 0 saturated heterocycles. The zero-order chi connectivity index (χ0) is 14.0. The molecule has 1 aromatic rings. The third-order valence-corrected chi connectivity index (χ3v) is 4.01. The van der Waals surface area contributed by atoms with E-state index in [-0.39, 0.29) is 11.4 Å². The molecule has 0 fully saturated rings. The van der Waals surface area contributed by atoms with Crippen molar-refractivity contribution < 1.29 is 13.2 Å². The van der Waals surface area contributed by atoms with Crippen LogP contribution in [-0.2, 0) is 6.42 Å². The topological polar surface area (TPSA) is 0 Å². The summed E-state index contributed by atoms with van der Waals surface area (Å²) in [6.07, 6.45) is -0.565. The van der Waals surface area contributed by atoms with Crippen LogP contribution >= 0.6 is 9.24 Å². The van der Waals surface area contributed by atoms with E-state index in [4.69, 9.17) is 0 Å². The van der Waals surface area contributed by atoms with Crippen LogP contribution in [0.5, 0.6) is 0 Å². The fraction of sp³-hybridized carbons (Fsp3) is 0.429. The van der Waals surface area contributed by atoms with Gasteiger partial charge in [-0.3, -0.25) is 0 Å². The van der Waals surface area contributed by atoms with E-state index in [1.165, 1.54) is 6.92 Å². The highest BCUT2D eigenvalue weighted by Gasteiger charge is 2.20. The van der Waals surface area contributed by atoms with Crippen LogP contribution < -0.4 is 5.30 Å². The second-order valence-electron chi connectivity index (χ2n) is 4.47. The van der Waals surface area contributed by atoms with Crippen LogP contribution in [-0.4, -0.2) is 0 Å². The molecule has 0 saturated carbocycles. The van der Waals surface area contributed by atoms with Crippen LogP contribution in [0.15, 0.2) is 6.08 Å². The van der Waals surface area contributed by atoms with Crippen molar-refractivity contribution in [1.82, 2.24) is 0 Å². The minimum atomic E-state index is -1.75. The van der Waals surface area contributed by atoms with Crippen molar-refractivity contribution in [2.24, 2.45) is 0 Å². The quantitative estimate of drug-likeness (QED) is 0.711. The van der Waals surface area contributed by atoms with E-state index in [1.54, 1.807) is 13.8 Å². The van der Waals surface area contributed by atoms with Crippen molar-refractivity contribution >= 4 is 20.1 Å². The molecule has 0 bridgehead atoms. The summed E-state index contributed by atoms with van der Waals surface area (Å²) in [5.74, 6) is -0.351. The van der Waals surface area contributed by atoms with E-state index in [0.29, 0.717) is 34.0 Å². The Hall–Kier alpha value is -0.820. The van der Waals surface area contributed by atoms with Gasteiger partial charge in [0.15, 0.2) is 0 Å². The highest BCUT2D eigenvalue weighted by molar-refractivity contribution is 7.27. The molecule has 0 nitrogen and oxygen atoms in total. The summed E-state index contributed by atoms with van der Waals surface area (Å²) in [5, 5.41) is 0.669. The molecule has 1 aromatic carbocycles. The first-order valence-corrected chi connectivity index (χ1v) is 6.49. The van der Waals surface area contributed by atoms with Gasteiger partial charge in [0.1, 0.15) is 5.82 Å². The van der Waals surface area contributed by atoms with Crippen LogP contribution in [0.25, 0.3) is 5.57 Å². The Labute approximate surface area is 108 Å². The minimum absolute atomic E-state index is 0.134. The van der Waals surface area contributed by atoms with Crippen molar-refractivity contribution in [1.29, 1.82) is 0 Å². The maximum Gasteiger partial charge on any atom is 0.273 e. The smallest absolute Gasteiger partial charge is 0.206 e. The summed E-state index contributed by atoms with van der Waals surface area (Å²) in [7, 11) is 2.47. The van der Waals surface area contributed by atoms with Gasteiger partial charge in [-0.25, -0.2) is 4.39 Å². The average molecular weight is 274 g/mol. The number of allylic oxidation sites excluding steroid dienone is 1. The summed E-state index contributed by atoms with van der Waals surface area (Å²) in [6.45, 7) is 6.69. The largest absolute Gasteiger partial charge is 0.273 e. The number of benzene rings is 1. The molecule has 1 rings (SSSR count). The monoisotopic (exact) mass is 274 g/mol. The van der Waals surface area contributed by atoms with Crippen molar-refractivity contribution in [3.8, 4) is 0 Å². The van der Waals surface area contributed by atoms with Crippen LogP contribution in [0.1, 0.15) is 42.5 Å². The minimum Gasteiger partial charge on any atom is -0.206 e. The summed E-state index contributed by atoms with van der Waals surface area (Å²) in [6, 6.07) is 0. The molecule has 18 heavy (non-hydrogen) atoms. The number of hydrogen-bond donors (Lipinski definition) is 0. The third-order valence-electron chi connectivity index (χ3n) is 3.29. The standard InChI is InChI=1S/C14H18F3P/c1-5-6-10-11(9(4)14(16)17)13(18)8(3)7(2)12(10)15/h5-6,18H2,1-4H3. The molecule has 4 heteroatoms. The predicted octanol–water partition coefficient (Wildman–Crippen LogP) is 4.52. The van der Waals surface area contributed by atoms with Gasteiger partial charge >= 0.3 is 0 Å². The molecule has 0 amide bonds. The zero-order valence-electron chi connectivity index (χ0n) is 11.1. The Morgan fingerprint density at radius 3 is 2.17 bits per heavy atom. The van der Waals surface area contributed by atoms with Crippen molar-refractivity contribution in [3.63, 3.8) is 0 Å². The van der Waals surface area contributed by atoms with E-state index in [9.17, 15) is 13.2 Å². The van der Waals surface area contributed by atoms with E-state index in [1.807, 2.05) is 6.92 Å². The third kappa shape index (κ3) is 2.61. The Morgan fingerprint density at radius 1 is 1.17 bits per heavy atom. The second kappa shape index (κ2) is 5.88. The van der Waals surface area contributed by atoms with Gasteiger partial charge in [-0.05, 0) is 54.8 Å². The van der Waals surface area contributed by atoms with Gasteiger partial charge in [0.25, 0.3) is 6.08 Å². The van der Waals surface area contributed by atoms with Crippen molar-refractivity contribution in [2.45, 2.75) is 40.5 Å². The molecule has 0 aliphatic carbocycles. The molecular formula is C14H18F3P. The molecule has 0 spiro atoms. The lowest BCUT2D eigenvalue weighted by molar-refractivity contribution is 0.425. The van der Waals surface area contributed by atoms with Gasteiger partial charge in [-0.1, -0.05) is 13.3 Å². The second-order valence-corrected chi connectivity index (χ2v) is 5.04. The lowest BCUT2D eigenvalue weighted by atomic mass is 9.92. The highest BCUT2D eigenvalue weighted by atomic mass is 31.0. The van der Waals surface area contributed by atoms with Gasteiger partial charge < -0.3 is 0 Å². The number of rotatable bonds is 3. The number of halogens is 3. The SMILES string of the molecule is CCCc1c(F)c(C)c(C)c(P)c1C(C)=C(F)F. The molecule has 1 unspecified atom stereocenters. The first kappa shape index (κ1) is 15.2. The van der Waals surface area contributed by atoms with E-state index in [2.05, 4.69) is 9.24 Å². The molecule has 0 N–H and O–H groups in total. The molecule has 0 radical (unpaired) electrons. The van der Waals surface area contributed by atoms with Gasteiger partial charge in [0.2, 0.25) is 0 Å². The zero-order valence-corrected chi connectivity index (χ0v) is 12.3. The molecule has 100 valence electrons. The fourth-order valence-corrected chi connectivity index (χ4v) is 2.67. The Balaban J connectivity index is 3.72. The molecule has 1 atom stereocenters. The van der Waals surface area contributed by atoms with E-state index >= 15 is 0 Å². The van der Waals surface area contributed by atoms with Gasteiger partial charge in [-0.2, -0.15) is 8.78 Å². The lowest BCUT2D eigenvalue weighted by Crippen LogP contribution is -2.14. The normalized spacial score (nSPS) is 10.7. The highest BCUT2D eigenvalue weighted by Crippen LogP contribution is 2.30. The van der Waals surface area contributed by atoms with Gasteiger partial charge in [0.05, 0.1) is 0 Å². The summed E-state index contributed by atoms with van der Waals surface area (Å²) < 4.78 is 39.9. The summed E-state index contributed by atoms with van der Waals surface area (Å²) >= 11 is 0. The van der Waals surface area contributed by atoms with Gasteiger partial charge in [-0.15, -0.1) is 9.24 Å². The molecular weight excluding hydrogens is 256 g/mol. The van der Waals surface area contributed by atoms with E-state index < -0.39 is 6.08 Å². The summed E-state index contributed by atoms with van der Waals surface area (Å²) in [4.78, 5) is 0. The van der Waals surface area contributed by atoms with Crippen LogP contribution in [0.3, 0.4) is 0 Å². The van der Waals surface area contributed by atoms with Gasteiger partial charge in [0, 0.05) is 5.57 Å². The Kier molecular flexibility index (Phi) is 4.98. The van der Waals surface area contributed by atoms with Crippen LogP contribution in [0.4, 0.5) is 13.2 Å².